The fraction of sp³-hybridized carbons (Fsp3) is 0.545. The summed E-state index contributed by atoms with van der Waals surface area (Å²) in [5, 5.41) is 8.86. The molecule has 1 heterocycles. The van der Waals surface area contributed by atoms with Gasteiger partial charge in [0.25, 0.3) is 0 Å². The maximum absolute atomic E-state index is 10.8. The molecule has 1 aromatic heterocycles. The van der Waals surface area contributed by atoms with Crippen LogP contribution in [0.15, 0.2) is 6.20 Å². The lowest BCUT2D eigenvalue weighted by Crippen LogP contribution is -2.15. The highest BCUT2D eigenvalue weighted by atomic mass is 16.7. The van der Waals surface area contributed by atoms with Crippen molar-refractivity contribution in [1.29, 1.82) is 0 Å². The first-order valence-electron chi connectivity index (χ1n) is 5.40. The second-order valence-electron chi connectivity index (χ2n) is 3.28. The zero-order valence-electron chi connectivity index (χ0n) is 10.1. The SMILES string of the molecule is CCOC(OCC)c1ncc(C(=O)O)c(C)n1. The Balaban J connectivity index is 2.97. The fourth-order valence-electron chi connectivity index (χ4n) is 1.31. The van der Waals surface area contributed by atoms with Crippen LogP contribution in [0.4, 0.5) is 0 Å². The third-order valence-electron chi connectivity index (χ3n) is 2.08. The van der Waals surface area contributed by atoms with Crippen LogP contribution >= 0.6 is 0 Å². The van der Waals surface area contributed by atoms with Gasteiger partial charge in [0.15, 0.2) is 5.82 Å². The van der Waals surface area contributed by atoms with Gasteiger partial charge in [0.1, 0.15) is 0 Å². The van der Waals surface area contributed by atoms with Gasteiger partial charge < -0.3 is 14.6 Å². The molecule has 0 fully saturated rings. The van der Waals surface area contributed by atoms with Gasteiger partial charge in [-0.1, -0.05) is 0 Å². The Bertz CT molecular complexity index is 389. The molecule has 0 spiro atoms. The fourth-order valence-corrected chi connectivity index (χ4v) is 1.31. The van der Waals surface area contributed by atoms with E-state index in [0.717, 1.165) is 0 Å². The maximum Gasteiger partial charge on any atom is 0.339 e. The molecular weight excluding hydrogens is 224 g/mol. The normalized spacial score (nSPS) is 10.8. The minimum atomic E-state index is -1.04. The van der Waals surface area contributed by atoms with Crippen molar-refractivity contribution >= 4 is 5.97 Å². The minimum Gasteiger partial charge on any atom is -0.478 e. The van der Waals surface area contributed by atoms with E-state index < -0.39 is 12.3 Å². The van der Waals surface area contributed by atoms with Crippen molar-refractivity contribution in [3.63, 3.8) is 0 Å². The van der Waals surface area contributed by atoms with E-state index in [9.17, 15) is 4.79 Å². The first-order valence-corrected chi connectivity index (χ1v) is 5.40. The summed E-state index contributed by atoms with van der Waals surface area (Å²) < 4.78 is 10.7. The molecule has 0 aromatic carbocycles. The Morgan fingerprint density at radius 2 is 2.00 bits per heavy atom. The first kappa shape index (κ1) is 13.5. The number of aromatic carboxylic acids is 1. The van der Waals surface area contributed by atoms with Gasteiger partial charge in [0.2, 0.25) is 6.29 Å². The number of aromatic nitrogens is 2. The highest BCUT2D eigenvalue weighted by Crippen LogP contribution is 2.16. The summed E-state index contributed by atoms with van der Waals surface area (Å²) in [6, 6.07) is 0. The highest BCUT2D eigenvalue weighted by Gasteiger charge is 2.17. The van der Waals surface area contributed by atoms with Crippen LogP contribution in [0.5, 0.6) is 0 Å². The molecule has 94 valence electrons. The first-order chi connectivity index (χ1) is 8.10. The van der Waals surface area contributed by atoms with Crippen LogP contribution in [-0.2, 0) is 9.47 Å². The number of rotatable bonds is 6. The van der Waals surface area contributed by atoms with Crippen LogP contribution in [0.1, 0.15) is 42.0 Å². The molecule has 0 aliphatic carbocycles. The van der Waals surface area contributed by atoms with Crippen molar-refractivity contribution in [2.24, 2.45) is 0 Å². The topological polar surface area (TPSA) is 81.5 Å². The molecule has 0 bridgehead atoms. The monoisotopic (exact) mass is 240 g/mol. The lowest BCUT2D eigenvalue weighted by Gasteiger charge is -2.15. The lowest BCUT2D eigenvalue weighted by molar-refractivity contribution is -0.145. The van der Waals surface area contributed by atoms with Gasteiger partial charge in [-0.3, -0.25) is 0 Å². The Hall–Kier alpha value is -1.53. The third-order valence-corrected chi connectivity index (χ3v) is 2.08. The van der Waals surface area contributed by atoms with Crippen LogP contribution in [0.2, 0.25) is 0 Å². The summed E-state index contributed by atoms with van der Waals surface area (Å²) in [7, 11) is 0. The number of nitrogens with zero attached hydrogens (tertiary/aromatic N) is 2. The molecule has 0 radical (unpaired) electrons. The molecule has 0 atom stereocenters. The number of aryl methyl sites for hydroxylation is 1. The second kappa shape index (κ2) is 6.27. The summed E-state index contributed by atoms with van der Waals surface area (Å²) in [6.45, 7) is 6.22. The molecule has 17 heavy (non-hydrogen) atoms. The molecule has 0 saturated heterocycles. The predicted octanol–water partition coefficient (Wildman–Crippen LogP) is 1.55. The molecule has 6 nitrogen and oxygen atoms in total. The van der Waals surface area contributed by atoms with Crippen LogP contribution in [0.3, 0.4) is 0 Å². The summed E-state index contributed by atoms with van der Waals surface area (Å²) in [5.74, 6) is -0.699. The van der Waals surface area contributed by atoms with Crippen molar-refractivity contribution in [2.75, 3.05) is 13.2 Å². The average Bonchev–Trinajstić information content (AvgIpc) is 2.28. The Morgan fingerprint density at radius 1 is 1.41 bits per heavy atom. The van der Waals surface area contributed by atoms with Gasteiger partial charge in [-0.15, -0.1) is 0 Å². The molecule has 0 saturated carbocycles. The van der Waals surface area contributed by atoms with E-state index in [1.54, 1.807) is 6.92 Å². The van der Waals surface area contributed by atoms with E-state index in [1.165, 1.54) is 6.20 Å². The molecule has 0 amide bonds. The molecule has 0 aliphatic rings. The number of carboxylic acid groups (broad SMARTS) is 1. The van der Waals surface area contributed by atoms with E-state index in [4.69, 9.17) is 14.6 Å². The smallest absolute Gasteiger partial charge is 0.339 e. The standard InChI is InChI=1S/C11H16N2O4/c1-4-16-11(17-5-2)9-12-6-8(10(14)15)7(3)13-9/h6,11H,4-5H2,1-3H3,(H,14,15). The third kappa shape index (κ3) is 3.47. The van der Waals surface area contributed by atoms with Crippen molar-refractivity contribution in [3.05, 3.63) is 23.3 Å². The van der Waals surface area contributed by atoms with Gasteiger partial charge >= 0.3 is 5.97 Å². The number of hydrogen-bond acceptors (Lipinski definition) is 5. The lowest BCUT2D eigenvalue weighted by atomic mass is 10.2. The largest absolute Gasteiger partial charge is 0.478 e. The van der Waals surface area contributed by atoms with E-state index in [-0.39, 0.29) is 5.56 Å². The molecule has 1 N–H and O–H groups in total. The quantitative estimate of drug-likeness (QED) is 0.760. The molecular formula is C11H16N2O4. The van der Waals surface area contributed by atoms with E-state index in [1.807, 2.05) is 13.8 Å². The Labute approximate surface area is 99.6 Å². The van der Waals surface area contributed by atoms with E-state index >= 15 is 0 Å². The van der Waals surface area contributed by atoms with Gasteiger partial charge in [-0.25, -0.2) is 14.8 Å². The molecule has 0 unspecified atom stereocenters. The number of hydrogen-bond donors (Lipinski definition) is 1. The average molecular weight is 240 g/mol. The van der Waals surface area contributed by atoms with E-state index in [0.29, 0.717) is 24.7 Å². The molecule has 1 rings (SSSR count). The van der Waals surface area contributed by atoms with Gasteiger partial charge in [-0.05, 0) is 20.8 Å². The maximum atomic E-state index is 10.8. The number of carboxylic acids is 1. The zero-order valence-corrected chi connectivity index (χ0v) is 10.1. The number of ether oxygens (including phenoxy) is 2. The van der Waals surface area contributed by atoms with Crippen molar-refractivity contribution in [3.8, 4) is 0 Å². The van der Waals surface area contributed by atoms with Crippen LogP contribution < -0.4 is 0 Å². The summed E-state index contributed by atoms with van der Waals surface area (Å²) in [4.78, 5) is 18.9. The highest BCUT2D eigenvalue weighted by molar-refractivity contribution is 5.88. The molecule has 1 aromatic rings. The molecule has 0 aliphatic heterocycles. The Morgan fingerprint density at radius 3 is 2.41 bits per heavy atom. The van der Waals surface area contributed by atoms with Crippen molar-refractivity contribution in [1.82, 2.24) is 9.97 Å². The molecule has 6 heteroatoms. The van der Waals surface area contributed by atoms with Crippen LogP contribution in [0, 0.1) is 6.92 Å². The predicted molar refractivity (Wildman–Crippen MR) is 59.7 cm³/mol. The van der Waals surface area contributed by atoms with Crippen molar-refractivity contribution < 1.29 is 19.4 Å². The summed E-state index contributed by atoms with van der Waals surface area (Å²) >= 11 is 0. The summed E-state index contributed by atoms with van der Waals surface area (Å²) in [5.41, 5.74) is 0.479. The Kier molecular flexibility index (Phi) is 4.99. The van der Waals surface area contributed by atoms with E-state index in [2.05, 4.69) is 9.97 Å². The van der Waals surface area contributed by atoms with Crippen molar-refractivity contribution in [2.45, 2.75) is 27.1 Å². The number of carbonyl (C=O) groups is 1. The van der Waals surface area contributed by atoms with Gasteiger partial charge in [-0.2, -0.15) is 0 Å². The van der Waals surface area contributed by atoms with Gasteiger partial charge in [0.05, 0.1) is 11.3 Å². The second-order valence-corrected chi connectivity index (χ2v) is 3.28. The van der Waals surface area contributed by atoms with Crippen LogP contribution in [0.25, 0.3) is 0 Å². The van der Waals surface area contributed by atoms with Crippen LogP contribution in [-0.4, -0.2) is 34.3 Å². The van der Waals surface area contributed by atoms with Gasteiger partial charge in [0, 0.05) is 19.4 Å². The summed E-state index contributed by atoms with van der Waals surface area (Å²) in [6.07, 6.45) is 0.622. The minimum absolute atomic E-state index is 0.0838. The zero-order chi connectivity index (χ0) is 12.8.